The number of nitrogens with zero attached hydrogens (tertiary/aromatic N) is 3. The van der Waals surface area contributed by atoms with Crippen molar-refractivity contribution in [1.29, 1.82) is 0 Å². The number of carbonyl (C=O) groups excluding carboxylic acids is 3. The molecule has 0 bridgehead atoms. The molecule has 2 aliphatic rings. The Labute approximate surface area is 235 Å². The number of amides is 3. The average molecular weight is 604 g/mol. The third kappa shape index (κ3) is 5.43. The van der Waals surface area contributed by atoms with Crippen LogP contribution in [0.2, 0.25) is 15.1 Å². The molecule has 0 spiro atoms. The first-order valence-corrected chi connectivity index (χ1v) is 14.2. The number of carbonyl (C=O) groups is 3. The molecule has 2 aliphatic heterocycles. The fourth-order valence-corrected chi connectivity index (χ4v) is 7.15. The van der Waals surface area contributed by atoms with Gasteiger partial charge in [0.15, 0.2) is 6.10 Å². The number of hydrogen-bond acceptors (Lipinski definition) is 6. The van der Waals surface area contributed by atoms with Crippen molar-refractivity contribution >= 4 is 62.7 Å². The molecule has 4 rings (SSSR count). The zero-order chi connectivity index (χ0) is 27.9. The molecule has 38 heavy (non-hydrogen) atoms. The van der Waals surface area contributed by atoms with Crippen LogP contribution in [-0.4, -0.2) is 77.9 Å². The van der Waals surface area contributed by atoms with Gasteiger partial charge in [0.2, 0.25) is 15.9 Å². The summed E-state index contributed by atoms with van der Waals surface area (Å²) >= 11 is 18.3. The zero-order valence-corrected chi connectivity index (χ0v) is 23.5. The summed E-state index contributed by atoms with van der Waals surface area (Å²) in [5.74, 6) is -1.11. The molecule has 14 heteroatoms. The van der Waals surface area contributed by atoms with Gasteiger partial charge in [-0.1, -0.05) is 46.9 Å². The maximum Gasteiger partial charge on any atom is 0.405 e. The molecule has 0 aliphatic carbocycles. The molecule has 10 nitrogen and oxygen atoms in total. The Bertz CT molecular complexity index is 1370. The van der Waals surface area contributed by atoms with Crippen molar-refractivity contribution < 1.29 is 27.5 Å². The monoisotopic (exact) mass is 602 g/mol. The normalized spacial score (nSPS) is 22.5. The van der Waals surface area contributed by atoms with Gasteiger partial charge in [0.05, 0.1) is 18.1 Å². The van der Waals surface area contributed by atoms with E-state index in [2.05, 4.69) is 0 Å². The lowest BCUT2D eigenvalue weighted by atomic mass is 9.97. The number of fused-ring (bicyclic) bond motifs is 1. The second-order valence-electron chi connectivity index (χ2n) is 9.23. The van der Waals surface area contributed by atoms with Gasteiger partial charge in [0, 0.05) is 22.5 Å². The molecule has 3 atom stereocenters. The molecule has 0 aromatic heterocycles. The summed E-state index contributed by atoms with van der Waals surface area (Å²) in [6.45, 7) is 2.95. The number of piperazine rings is 1. The fourth-order valence-electron chi connectivity index (χ4n) is 4.71. The van der Waals surface area contributed by atoms with E-state index in [0.717, 1.165) is 4.31 Å². The standard InChI is InChI=1S/C24H25Cl3N4O6S/c1-13(2)29-12-21-30(38(35,36)20-10-16(26)7-8-17(20)27)11-19(37-24(28)34)23(33)31(21)18(22(29)32)9-14-3-5-15(25)6-4-14/h3-8,10,13,18-19,21H,9,11-12H2,1-2H3,(H2,28,34). The highest BCUT2D eigenvalue weighted by Crippen LogP contribution is 2.35. The maximum atomic E-state index is 14.0. The Morgan fingerprint density at radius 2 is 1.66 bits per heavy atom. The predicted octanol–water partition coefficient (Wildman–Crippen LogP) is 3.13. The Morgan fingerprint density at radius 3 is 2.26 bits per heavy atom. The van der Waals surface area contributed by atoms with Gasteiger partial charge in [-0.05, 0) is 49.7 Å². The van der Waals surface area contributed by atoms with Gasteiger partial charge in [0.1, 0.15) is 17.1 Å². The van der Waals surface area contributed by atoms with E-state index < -0.39 is 46.9 Å². The molecule has 2 aromatic carbocycles. The number of hydrogen-bond donors (Lipinski definition) is 1. The third-order valence-corrected chi connectivity index (χ3v) is 9.33. The van der Waals surface area contributed by atoms with Crippen LogP contribution >= 0.6 is 34.8 Å². The number of rotatable bonds is 6. The molecule has 0 radical (unpaired) electrons. The zero-order valence-electron chi connectivity index (χ0n) is 20.4. The highest BCUT2D eigenvalue weighted by Gasteiger charge is 2.55. The van der Waals surface area contributed by atoms with E-state index in [1.165, 1.54) is 28.0 Å². The Kier molecular flexibility index (Phi) is 8.15. The van der Waals surface area contributed by atoms with Crippen LogP contribution in [0.1, 0.15) is 19.4 Å². The molecule has 2 N–H and O–H groups in total. The van der Waals surface area contributed by atoms with Crippen LogP contribution in [0.3, 0.4) is 0 Å². The minimum absolute atomic E-state index is 0.0660. The van der Waals surface area contributed by atoms with Crippen LogP contribution in [0.4, 0.5) is 4.79 Å². The first-order chi connectivity index (χ1) is 17.8. The van der Waals surface area contributed by atoms with Crippen LogP contribution in [0.25, 0.3) is 0 Å². The molecule has 3 unspecified atom stereocenters. The van der Waals surface area contributed by atoms with Gasteiger partial charge in [-0.25, -0.2) is 13.2 Å². The van der Waals surface area contributed by atoms with Gasteiger partial charge < -0.3 is 20.3 Å². The SMILES string of the molecule is CC(C)N1CC2N(C(=O)C(OC(N)=O)CN2S(=O)(=O)c2cc(Cl)ccc2Cl)C(Cc2ccc(Cl)cc2)C1=O. The highest BCUT2D eigenvalue weighted by atomic mass is 35.5. The van der Waals surface area contributed by atoms with Crippen LogP contribution < -0.4 is 5.73 Å². The predicted molar refractivity (Wildman–Crippen MR) is 141 cm³/mol. The molecule has 2 aromatic rings. The Hall–Kier alpha value is -2.57. The molecule has 2 heterocycles. The largest absolute Gasteiger partial charge is 0.435 e. The van der Waals surface area contributed by atoms with Crippen molar-refractivity contribution in [3.8, 4) is 0 Å². The number of halogens is 3. The lowest BCUT2D eigenvalue weighted by molar-refractivity contribution is -0.174. The number of nitrogens with two attached hydrogens (primary N) is 1. The summed E-state index contributed by atoms with van der Waals surface area (Å²) in [6, 6.07) is 9.31. The van der Waals surface area contributed by atoms with Crippen molar-refractivity contribution in [1.82, 2.24) is 14.1 Å². The van der Waals surface area contributed by atoms with E-state index in [9.17, 15) is 22.8 Å². The molecule has 0 saturated carbocycles. The number of sulfonamides is 1. The van der Waals surface area contributed by atoms with E-state index in [1.807, 2.05) is 0 Å². The van der Waals surface area contributed by atoms with Crippen LogP contribution in [0, 0.1) is 0 Å². The lowest BCUT2D eigenvalue weighted by Gasteiger charge is -2.53. The number of ether oxygens (including phenoxy) is 1. The van der Waals surface area contributed by atoms with Gasteiger partial charge in [-0.2, -0.15) is 4.31 Å². The second kappa shape index (κ2) is 10.9. The van der Waals surface area contributed by atoms with Crippen LogP contribution in [-0.2, 0) is 30.8 Å². The number of benzene rings is 2. The summed E-state index contributed by atoms with van der Waals surface area (Å²) in [5.41, 5.74) is 5.89. The van der Waals surface area contributed by atoms with Crippen molar-refractivity contribution in [2.45, 2.75) is 49.5 Å². The summed E-state index contributed by atoms with van der Waals surface area (Å²) in [5, 5.41) is 0.534. The molecular weight excluding hydrogens is 579 g/mol. The third-order valence-electron chi connectivity index (χ3n) is 6.50. The first kappa shape index (κ1) is 28.4. The summed E-state index contributed by atoms with van der Waals surface area (Å²) in [6.07, 6.45) is -3.90. The van der Waals surface area contributed by atoms with Crippen LogP contribution in [0.15, 0.2) is 47.4 Å². The van der Waals surface area contributed by atoms with E-state index in [-0.39, 0.29) is 39.9 Å². The molecule has 2 saturated heterocycles. The van der Waals surface area contributed by atoms with Crippen molar-refractivity contribution in [3.63, 3.8) is 0 Å². The molecule has 2 fully saturated rings. The van der Waals surface area contributed by atoms with E-state index in [4.69, 9.17) is 45.3 Å². The lowest BCUT2D eigenvalue weighted by Crippen LogP contribution is -2.75. The highest BCUT2D eigenvalue weighted by molar-refractivity contribution is 7.89. The van der Waals surface area contributed by atoms with E-state index in [1.54, 1.807) is 38.1 Å². The van der Waals surface area contributed by atoms with E-state index >= 15 is 0 Å². The maximum absolute atomic E-state index is 14.0. The van der Waals surface area contributed by atoms with Gasteiger partial charge in [0.25, 0.3) is 5.91 Å². The van der Waals surface area contributed by atoms with Crippen molar-refractivity contribution in [3.05, 3.63) is 63.1 Å². The molecular formula is C24H25Cl3N4O6S. The molecule has 204 valence electrons. The van der Waals surface area contributed by atoms with Crippen LogP contribution in [0.5, 0.6) is 0 Å². The summed E-state index contributed by atoms with van der Waals surface area (Å²) in [7, 11) is -4.41. The summed E-state index contributed by atoms with van der Waals surface area (Å²) in [4.78, 5) is 41.3. The van der Waals surface area contributed by atoms with Crippen molar-refractivity contribution in [2.24, 2.45) is 5.73 Å². The van der Waals surface area contributed by atoms with Gasteiger partial charge in [-0.3, -0.25) is 9.59 Å². The number of primary amides is 1. The minimum atomic E-state index is -4.41. The smallest absolute Gasteiger partial charge is 0.405 e. The quantitative estimate of drug-likeness (QED) is 0.540. The average Bonchev–Trinajstić information content (AvgIpc) is 2.84. The topological polar surface area (TPSA) is 130 Å². The van der Waals surface area contributed by atoms with Gasteiger partial charge in [-0.15, -0.1) is 0 Å². The minimum Gasteiger partial charge on any atom is -0.435 e. The Morgan fingerprint density at radius 1 is 1.03 bits per heavy atom. The van der Waals surface area contributed by atoms with Crippen molar-refractivity contribution in [2.75, 3.05) is 13.1 Å². The Balaban J connectivity index is 1.85. The van der Waals surface area contributed by atoms with Gasteiger partial charge >= 0.3 is 6.09 Å². The molecule has 3 amide bonds. The van der Waals surface area contributed by atoms with E-state index in [0.29, 0.717) is 10.6 Å². The summed E-state index contributed by atoms with van der Waals surface area (Å²) < 4.78 is 34.0. The first-order valence-electron chi connectivity index (χ1n) is 11.6. The fraction of sp³-hybridized carbons (Fsp3) is 0.375. The second-order valence-corrected chi connectivity index (χ2v) is 12.4.